The Balaban J connectivity index is 1.83. The summed E-state index contributed by atoms with van der Waals surface area (Å²) in [5, 5.41) is 0.992. The van der Waals surface area contributed by atoms with Crippen LogP contribution >= 0.6 is 27.3 Å². The van der Waals surface area contributed by atoms with Crippen LogP contribution in [0.4, 0.5) is 5.69 Å². The number of fused-ring (bicyclic) bond motifs is 1. The molecular weight excluding hydrogens is 412 g/mol. The summed E-state index contributed by atoms with van der Waals surface area (Å²) in [5.41, 5.74) is 4.58. The molecule has 2 aromatic carbocycles. The van der Waals surface area contributed by atoms with Gasteiger partial charge in [-0.05, 0) is 64.3 Å². The van der Waals surface area contributed by atoms with Crippen molar-refractivity contribution in [2.45, 2.75) is 6.92 Å². The van der Waals surface area contributed by atoms with Crippen LogP contribution in [0, 0.1) is 6.92 Å². The number of rotatable bonds is 6. The Hall–Kier alpha value is -1.89. The summed E-state index contributed by atoms with van der Waals surface area (Å²) in [5.74, 6) is 0.760. The van der Waals surface area contributed by atoms with Gasteiger partial charge in [0.1, 0.15) is 10.8 Å². The van der Waals surface area contributed by atoms with Gasteiger partial charge in [0, 0.05) is 26.9 Å². The molecule has 0 spiro atoms. The monoisotopic (exact) mass is 432 g/mol. The molecule has 0 aliphatic carbocycles. The van der Waals surface area contributed by atoms with Gasteiger partial charge in [-0.1, -0.05) is 12.1 Å². The van der Waals surface area contributed by atoms with Crippen molar-refractivity contribution in [2.24, 2.45) is 0 Å². The van der Waals surface area contributed by atoms with Gasteiger partial charge in [-0.15, -0.1) is 11.3 Å². The van der Waals surface area contributed by atoms with Gasteiger partial charge in [0.2, 0.25) is 0 Å². The van der Waals surface area contributed by atoms with Crippen LogP contribution in [-0.4, -0.2) is 33.0 Å². The summed E-state index contributed by atoms with van der Waals surface area (Å²) in [6, 6.07) is 10.3. The van der Waals surface area contributed by atoms with Gasteiger partial charge in [0.25, 0.3) is 0 Å². The topological polar surface area (TPSA) is 34.6 Å². The van der Waals surface area contributed by atoms with Crippen molar-refractivity contribution in [3.63, 3.8) is 0 Å². The molecule has 0 aliphatic rings. The maximum Gasteiger partial charge on any atom is 0.188 e. The van der Waals surface area contributed by atoms with E-state index in [9.17, 15) is 0 Å². The molecular formula is C20H21BrN2O2S. The average Bonchev–Trinajstić information content (AvgIpc) is 3.00. The van der Waals surface area contributed by atoms with Crippen molar-refractivity contribution >= 4 is 55.3 Å². The van der Waals surface area contributed by atoms with Gasteiger partial charge in [-0.25, -0.2) is 4.98 Å². The third kappa shape index (κ3) is 4.26. The summed E-state index contributed by atoms with van der Waals surface area (Å²) in [4.78, 5) is 6.86. The first kappa shape index (κ1) is 18.9. The molecule has 0 saturated heterocycles. The first-order valence-corrected chi connectivity index (χ1v) is 9.77. The number of aryl methyl sites for hydroxylation is 1. The van der Waals surface area contributed by atoms with E-state index in [0.29, 0.717) is 0 Å². The van der Waals surface area contributed by atoms with Crippen molar-refractivity contribution in [1.82, 2.24) is 4.98 Å². The molecule has 4 nitrogen and oxygen atoms in total. The molecule has 1 heterocycles. The van der Waals surface area contributed by atoms with E-state index in [4.69, 9.17) is 14.5 Å². The van der Waals surface area contributed by atoms with Crippen molar-refractivity contribution in [3.05, 3.63) is 50.9 Å². The second kappa shape index (κ2) is 8.20. The van der Waals surface area contributed by atoms with E-state index in [0.717, 1.165) is 26.3 Å². The van der Waals surface area contributed by atoms with E-state index in [2.05, 4.69) is 60.1 Å². The lowest BCUT2D eigenvalue weighted by Crippen LogP contribution is -2.09. The summed E-state index contributed by atoms with van der Waals surface area (Å²) >= 11 is 5.23. The molecule has 0 saturated carbocycles. The van der Waals surface area contributed by atoms with E-state index in [1.165, 1.54) is 16.0 Å². The van der Waals surface area contributed by atoms with Crippen LogP contribution < -0.4 is 9.64 Å². The van der Waals surface area contributed by atoms with Crippen LogP contribution in [0.5, 0.6) is 5.75 Å². The first-order valence-electron chi connectivity index (χ1n) is 8.16. The minimum Gasteiger partial charge on any atom is -0.466 e. The highest BCUT2D eigenvalue weighted by atomic mass is 79.9. The Morgan fingerprint density at radius 2 is 2.00 bits per heavy atom. The molecule has 3 aromatic rings. The summed E-state index contributed by atoms with van der Waals surface area (Å²) in [6.07, 6.45) is 4.11. The number of hydrogen-bond donors (Lipinski definition) is 0. The van der Waals surface area contributed by atoms with Crippen LogP contribution in [0.3, 0.4) is 0 Å². The molecule has 0 aliphatic heterocycles. The molecule has 0 N–H and O–H groups in total. The number of aromatic nitrogens is 1. The van der Waals surface area contributed by atoms with Crippen molar-refractivity contribution in [2.75, 3.05) is 32.9 Å². The Kier molecular flexibility index (Phi) is 5.96. The Bertz CT molecular complexity index is 950. The highest BCUT2D eigenvalue weighted by molar-refractivity contribution is 9.10. The fourth-order valence-electron chi connectivity index (χ4n) is 2.67. The summed E-state index contributed by atoms with van der Waals surface area (Å²) in [6.45, 7) is 2.35. The number of hydrogen-bond acceptors (Lipinski definition) is 5. The minimum absolute atomic E-state index is 0.230. The van der Waals surface area contributed by atoms with E-state index in [-0.39, 0.29) is 6.79 Å². The zero-order valence-corrected chi connectivity index (χ0v) is 17.6. The predicted molar refractivity (Wildman–Crippen MR) is 114 cm³/mol. The maximum atomic E-state index is 5.48. The minimum atomic E-state index is 0.230. The second-order valence-corrected chi connectivity index (χ2v) is 8.04. The molecule has 0 unspecified atom stereocenters. The maximum absolute atomic E-state index is 5.48. The molecule has 1 aromatic heterocycles. The van der Waals surface area contributed by atoms with E-state index in [1.807, 2.05) is 24.3 Å². The van der Waals surface area contributed by atoms with Gasteiger partial charge in [0.15, 0.2) is 6.79 Å². The van der Waals surface area contributed by atoms with E-state index in [1.54, 1.807) is 18.4 Å². The molecule has 0 fully saturated rings. The molecule has 136 valence electrons. The first-order chi connectivity index (χ1) is 12.5. The third-order valence-corrected chi connectivity index (χ3v) is 5.51. The average molecular weight is 433 g/mol. The van der Waals surface area contributed by atoms with Gasteiger partial charge in [-0.2, -0.15) is 0 Å². The van der Waals surface area contributed by atoms with Gasteiger partial charge in [0.05, 0.1) is 14.7 Å². The van der Waals surface area contributed by atoms with Crippen LogP contribution in [-0.2, 0) is 4.74 Å². The number of methoxy groups -OCH3 is 1. The van der Waals surface area contributed by atoms with Crippen molar-refractivity contribution in [1.29, 1.82) is 0 Å². The molecule has 0 atom stereocenters. The van der Waals surface area contributed by atoms with Gasteiger partial charge < -0.3 is 14.4 Å². The lowest BCUT2D eigenvalue weighted by molar-refractivity contribution is 0.0506. The fourth-order valence-corrected chi connectivity index (χ4v) is 4.06. The zero-order valence-electron chi connectivity index (χ0n) is 15.2. The number of nitrogens with zero attached hydrogens (tertiary/aromatic N) is 2. The molecule has 0 radical (unpaired) electrons. The highest BCUT2D eigenvalue weighted by Gasteiger charge is 2.08. The molecule has 6 heteroatoms. The van der Waals surface area contributed by atoms with Gasteiger partial charge in [-0.3, -0.25) is 0 Å². The number of benzene rings is 2. The standard InChI is InChI=1S/C20H21BrN2O2S/c1-13-9-16-19(11-17(13)23(2)3)26-20(22-16)8-6-14-5-7-18(15(21)10-14)25-12-24-4/h5-11H,12H2,1-4H3/b8-6+. The van der Waals surface area contributed by atoms with E-state index < -0.39 is 0 Å². The molecule has 0 bridgehead atoms. The molecule has 26 heavy (non-hydrogen) atoms. The Labute approximate surface area is 166 Å². The third-order valence-electron chi connectivity index (χ3n) is 3.91. The molecule has 0 amide bonds. The zero-order chi connectivity index (χ0) is 18.7. The lowest BCUT2D eigenvalue weighted by Gasteiger charge is -2.15. The number of ether oxygens (including phenoxy) is 2. The smallest absolute Gasteiger partial charge is 0.188 e. The van der Waals surface area contributed by atoms with E-state index >= 15 is 0 Å². The summed E-state index contributed by atoms with van der Waals surface area (Å²) in [7, 11) is 5.73. The number of anilines is 1. The number of halogens is 1. The van der Waals surface area contributed by atoms with Crippen LogP contribution in [0.2, 0.25) is 0 Å². The largest absolute Gasteiger partial charge is 0.466 e. The SMILES string of the molecule is COCOc1ccc(/C=C/c2nc3cc(C)c(N(C)C)cc3s2)cc1Br. The van der Waals surface area contributed by atoms with Crippen molar-refractivity contribution < 1.29 is 9.47 Å². The number of thiazole rings is 1. The van der Waals surface area contributed by atoms with Crippen molar-refractivity contribution in [3.8, 4) is 5.75 Å². The Morgan fingerprint density at radius 3 is 2.69 bits per heavy atom. The predicted octanol–water partition coefficient (Wildman–Crippen LogP) is 5.59. The normalized spacial score (nSPS) is 11.4. The Morgan fingerprint density at radius 1 is 1.19 bits per heavy atom. The highest BCUT2D eigenvalue weighted by Crippen LogP contribution is 2.31. The van der Waals surface area contributed by atoms with Crippen LogP contribution in [0.15, 0.2) is 34.8 Å². The summed E-state index contributed by atoms with van der Waals surface area (Å²) < 4.78 is 12.5. The quantitative estimate of drug-likeness (QED) is 0.475. The second-order valence-electron chi connectivity index (χ2n) is 6.13. The molecule has 3 rings (SSSR count). The van der Waals surface area contributed by atoms with Crippen LogP contribution in [0.1, 0.15) is 16.1 Å². The lowest BCUT2D eigenvalue weighted by atomic mass is 10.2. The fraction of sp³-hybridized carbons (Fsp3) is 0.250. The van der Waals surface area contributed by atoms with Gasteiger partial charge >= 0.3 is 0 Å². The van der Waals surface area contributed by atoms with Crippen LogP contribution in [0.25, 0.3) is 22.4 Å².